The molecule has 0 spiro atoms. The van der Waals surface area contributed by atoms with E-state index < -0.39 is 17.6 Å². The van der Waals surface area contributed by atoms with E-state index in [4.69, 9.17) is 17.3 Å². The molecule has 1 aromatic carbocycles. The molecule has 1 atom stereocenters. The molecule has 3 nitrogen and oxygen atoms in total. The minimum absolute atomic E-state index is 0.00225. The van der Waals surface area contributed by atoms with Gasteiger partial charge in [0.05, 0.1) is 0 Å². The highest BCUT2D eigenvalue weighted by Crippen LogP contribution is 2.29. The van der Waals surface area contributed by atoms with Gasteiger partial charge in [-0.1, -0.05) is 23.7 Å². The topological polar surface area (TPSA) is 46.3 Å². The van der Waals surface area contributed by atoms with Gasteiger partial charge in [-0.25, -0.2) is 0 Å². The Morgan fingerprint density at radius 2 is 2.00 bits per heavy atom. The molecule has 0 saturated heterocycles. The molecule has 0 heterocycles. The van der Waals surface area contributed by atoms with Crippen molar-refractivity contribution in [3.63, 3.8) is 0 Å². The smallest absolute Gasteiger partial charge is 0.340 e. The Kier molecular flexibility index (Phi) is 4.47. The Morgan fingerprint density at radius 1 is 1.42 bits per heavy atom. The van der Waals surface area contributed by atoms with E-state index in [0.29, 0.717) is 17.5 Å². The molecule has 19 heavy (non-hydrogen) atoms. The van der Waals surface area contributed by atoms with Crippen molar-refractivity contribution in [2.45, 2.75) is 25.2 Å². The fraction of sp³-hybridized carbons (Fsp3) is 0.417. The van der Waals surface area contributed by atoms with E-state index in [-0.39, 0.29) is 6.54 Å². The highest BCUT2D eigenvalue weighted by Gasteiger charge is 2.54. The maximum atomic E-state index is 12.7. The summed E-state index contributed by atoms with van der Waals surface area (Å²) in [5.41, 5.74) is 2.80. The third kappa shape index (κ3) is 3.61. The molecule has 2 N–H and O–H groups in total. The van der Waals surface area contributed by atoms with Gasteiger partial charge in [-0.15, -0.1) is 0 Å². The number of hydrogen-bond donors (Lipinski definition) is 1. The average Bonchev–Trinajstić information content (AvgIpc) is 2.26. The number of hydrogen-bond acceptors (Lipinski definition) is 2. The first kappa shape index (κ1) is 15.8. The minimum atomic E-state index is -4.80. The molecule has 1 aromatic rings. The van der Waals surface area contributed by atoms with Crippen LogP contribution in [0.1, 0.15) is 12.5 Å². The van der Waals surface area contributed by atoms with Crippen LogP contribution in [0.2, 0.25) is 5.02 Å². The number of carbonyl (C=O) groups excluding carboxylic acids is 1. The average molecular weight is 295 g/mol. The molecule has 1 rings (SSSR count). The lowest BCUT2D eigenvalue weighted by molar-refractivity contribution is -0.193. The lowest BCUT2D eigenvalue weighted by Gasteiger charge is -2.30. The second kappa shape index (κ2) is 5.38. The maximum Gasteiger partial charge on any atom is 0.415 e. The van der Waals surface area contributed by atoms with Crippen LogP contribution in [0.15, 0.2) is 24.3 Å². The van der Waals surface area contributed by atoms with Gasteiger partial charge >= 0.3 is 6.18 Å². The first-order valence-electron chi connectivity index (χ1n) is 5.41. The van der Waals surface area contributed by atoms with E-state index in [1.54, 1.807) is 24.3 Å². The summed E-state index contributed by atoms with van der Waals surface area (Å²) < 4.78 is 38.0. The van der Waals surface area contributed by atoms with Crippen LogP contribution < -0.4 is 5.73 Å². The van der Waals surface area contributed by atoms with E-state index >= 15 is 0 Å². The standard InChI is InChI=1S/C12H14ClF3N2O/c1-11(17,12(14,15)16)10(19)18(2)7-8-4-3-5-9(13)6-8/h3-6H,7,17H2,1-2H3. The number of amides is 1. The summed E-state index contributed by atoms with van der Waals surface area (Å²) in [5, 5.41) is 0.449. The van der Waals surface area contributed by atoms with E-state index in [9.17, 15) is 18.0 Å². The number of benzene rings is 1. The third-order valence-electron chi connectivity index (χ3n) is 2.69. The number of likely N-dealkylation sites (N-methyl/N-ethyl adjacent to an activating group) is 1. The molecule has 0 bridgehead atoms. The maximum absolute atomic E-state index is 12.7. The highest BCUT2D eigenvalue weighted by molar-refractivity contribution is 6.30. The Morgan fingerprint density at radius 3 is 2.47 bits per heavy atom. The molecule has 0 aliphatic rings. The van der Waals surface area contributed by atoms with Crippen molar-refractivity contribution >= 4 is 17.5 Å². The summed E-state index contributed by atoms with van der Waals surface area (Å²) in [4.78, 5) is 12.7. The van der Waals surface area contributed by atoms with Crippen molar-refractivity contribution in [2.75, 3.05) is 7.05 Å². The lowest BCUT2D eigenvalue weighted by Crippen LogP contribution is -2.61. The van der Waals surface area contributed by atoms with Crippen molar-refractivity contribution in [1.82, 2.24) is 4.90 Å². The zero-order valence-corrected chi connectivity index (χ0v) is 11.2. The Labute approximate surface area is 114 Å². The molecule has 0 saturated carbocycles. The number of alkyl halides is 3. The van der Waals surface area contributed by atoms with Crippen LogP contribution in [0, 0.1) is 0 Å². The van der Waals surface area contributed by atoms with Gasteiger partial charge in [0.1, 0.15) is 0 Å². The summed E-state index contributed by atoms with van der Waals surface area (Å²) in [6, 6.07) is 6.53. The monoisotopic (exact) mass is 294 g/mol. The van der Waals surface area contributed by atoms with E-state index in [2.05, 4.69) is 0 Å². The molecule has 0 fully saturated rings. The van der Waals surface area contributed by atoms with Crippen LogP contribution in [-0.4, -0.2) is 29.6 Å². The minimum Gasteiger partial charge on any atom is -0.340 e. The predicted molar refractivity (Wildman–Crippen MR) is 66.6 cm³/mol. The number of carbonyl (C=O) groups is 1. The third-order valence-corrected chi connectivity index (χ3v) is 2.92. The summed E-state index contributed by atoms with van der Waals surface area (Å²) >= 11 is 5.76. The van der Waals surface area contributed by atoms with Crippen LogP contribution in [0.5, 0.6) is 0 Å². The molecule has 1 amide bonds. The summed E-state index contributed by atoms with van der Waals surface area (Å²) in [6.07, 6.45) is -4.80. The van der Waals surface area contributed by atoms with Gasteiger partial charge in [0, 0.05) is 18.6 Å². The van der Waals surface area contributed by atoms with Gasteiger partial charge in [0.2, 0.25) is 0 Å². The lowest BCUT2D eigenvalue weighted by atomic mass is 10.0. The quantitative estimate of drug-likeness (QED) is 0.931. The second-order valence-corrected chi connectivity index (χ2v) is 4.93. The Bertz CT molecular complexity index is 474. The first-order chi connectivity index (χ1) is 8.55. The van der Waals surface area contributed by atoms with Crippen molar-refractivity contribution in [2.24, 2.45) is 5.73 Å². The molecular weight excluding hydrogens is 281 g/mol. The zero-order valence-electron chi connectivity index (χ0n) is 10.5. The van der Waals surface area contributed by atoms with Gasteiger partial charge in [0.15, 0.2) is 5.54 Å². The van der Waals surface area contributed by atoms with Gasteiger partial charge in [-0.3, -0.25) is 4.79 Å². The molecule has 1 unspecified atom stereocenters. The van der Waals surface area contributed by atoms with E-state index in [1.807, 2.05) is 0 Å². The molecule has 0 radical (unpaired) electrons. The van der Waals surface area contributed by atoms with Crippen LogP contribution in [0.4, 0.5) is 13.2 Å². The summed E-state index contributed by atoms with van der Waals surface area (Å²) in [6.45, 7) is 0.659. The molecule has 0 aliphatic heterocycles. The van der Waals surface area contributed by atoms with Gasteiger partial charge in [0.25, 0.3) is 5.91 Å². The largest absolute Gasteiger partial charge is 0.415 e. The van der Waals surface area contributed by atoms with Crippen molar-refractivity contribution in [3.8, 4) is 0 Å². The Balaban J connectivity index is 2.84. The zero-order chi connectivity index (χ0) is 14.8. The molecule has 0 aliphatic carbocycles. The van der Waals surface area contributed by atoms with Gasteiger partial charge in [-0.2, -0.15) is 13.2 Å². The van der Waals surface area contributed by atoms with E-state index in [1.165, 1.54) is 7.05 Å². The van der Waals surface area contributed by atoms with Crippen LogP contribution in [0.3, 0.4) is 0 Å². The SMILES string of the molecule is CN(Cc1cccc(Cl)c1)C(=O)C(C)(N)C(F)(F)F. The number of halogens is 4. The molecule has 106 valence electrons. The summed E-state index contributed by atoms with van der Waals surface area (Å²) in [5.74, 6) is -1.19. The van der Waals surface area contributed by atoms with Crippen LogP contribution >= 0.6 is 11.6 Å². The summed E-state index contributed by atoms with van der Waals surface area (Å²) in [7, 11) is 1.26. The molecular formula is C12H14ClF3N2O. The second-order valence-electron chi connectivity index (χ2n) is 4.49. The van der Waals surface area contributed by atoms with Gasteiger partial charge < -0.3 is 10.6 Å². The van der Waals surface area contributed by atoms with Crippen molar-refractivity contribution in [3.05, 3.63) is 34.9 Å². The number of nitrogens with zero attached hydrogens (tertiary/aromatic N) is 1. The number of nitrogens with two attached hydrogens (primary N) is 1. The first-order valence-corrected chi connectivity index (χ1v) is 5.79. The fourth-order valence-electron chi connectivity index (χ4n) is 1.50. The van der Waals surface area contributed by atoms with Gasteiger partial charge in [-0.05, 0) is 24.6 Å². The van der Waals surface area contributed by atoms with E-state index in [0.717, 1.165) is 4.90 Å². The Hall–Kier alpha value is -1.27. The van der Waals surface area contributed by atoms with Crippen LogP contribution in [0.25, 0.3) is 0 Å². The number of rotatable bonds is 3. The fourth-order valence-corrected chi connectivity index (χ4v) is 1.71. The normalized spacial score (nSPS) is 14.9. The highest BCUT2D eigenvalue weighted by atomic mass is 35.5. The molecule has 0 aromatic heterocycles. The van der Waals surface area contributed by atoms with Crippen molar-refractivity contribution in [1.29, 1.82) is 0 Å². The van der Waals surface area contributed by atoms with Crippen LogP contribution in [-0.2, 0) is 11.3 Å². The molecule has 7 heteroatoms. The van der Waals surface area contributed by atoms with Crippen molar-refractivity contribution < 1.29 is 18.0 Å². The predicted octanol–water partition coefficient (Wildman–Crippen LogP) is 2.58.